The maximum absolute atomic E-state index is 13.8. The van der Waals surface area contributed by atoms with E-state index in [1.165, 1.54) is 32.4 Å². The number of hydrogen-bond donors (Lipinski definition) is 2. The third kappa shape index (κ3) is 5.73. The Bertz CT molecular complexity index is 529. The number of hydrogen-bond acceptors (Lipinski definition) is 2. The standard InChI is InChI=1S/C18H28FN3O/c1-4-20-18(21-11-5-6-14-7-8-14)22-13(2)15-9-10-17(23-3)16(19)12-15/h9-10,12-14H,4-8,11H2,1-3H3,(H2,20,21,22). The summed E-state index contributed by atoms with van der Waals surface area (Å²) in [6, 6.07) is 5.00. The van der Waals surface area contributed by atoms with E-state index in [9.17, 15) is 4.39 Å². The molecule has 2 N–H and O–H groups in total. The van der Waals surface area contributed by atoms with Gasteiger partial charge < -0.3 is 15.4 Å². The molecule has 1 fully saturated rings. The van der Waals surface area contributed by atoms with Crippen LogP contribution in [0.15, 0.2) is 23.2 Å². The average Bonchev–Trinajstić information content (AvgIpc) is 3.35. The fraction of sp³-hybridized carbons (Fsp3) is 0.611. The number of methoxy groups -OCH3 is 1. The predicted octanol–water partition coefficient (Wildman–Crippen LogP) is 3.64. The summed E-state index contributed by atoms with van der Waals surface area (Å²) in [6.07, 6.45) is 5.19. The molecule has 0 heterocycles. The van der Waals surface area contributed by atoms with Gasteiger partial charge in [0.2, 0.25) is 0 Å². The lowest BCUT2D eigenvalue weighted by Gasteiger charge is -2.18. The first kappa shape index (κ1) is 17.6. The molecule has 1 unspecified atom stereocenters. The fourth-order valence-electron chi connectivity index (χ4n) is 2.54. The van der Waals surface area contributed by atoms with E-state index in [4.69, 9.17) is 4.74 Å². The Morgan fingerprint density at radius 3 is 2.83 bits per heavy atom. The second-order valence-corrected chi connectivity index (χ2v) is 6.11. The van der Waals surface area contributed by atoms with E-state index in [-0.39, 0.29) is 17.6 Å². The van der Waals surface area contributed by atoms with Gasteiger partial charge >= 0.3 is 0 Å². The molecular formula is C18H28FN3O. The normalized spacial score (nSPS) is 16.1. The minimum absolute atomic E-state index is 0.0309. The first-order chi connectivity index (χ1) is 11.1. The number of halogens is 1. The SMILES string of the molecule is CCNC(=NCCCC1CC1)NC(C)c1ccc(OC)c(F)c1. The quantitative estimate of drug-likeness (QED) is 0.436. The van der Waals surface area contributed by atoms with E-state index in [0.29, 0.717) is 0 Å². The molecule has 1 aliphatic rings. The van der Waals surface area contributed by atoms with Crippen molar-refractivity contribution in [2.75, 3.05) is 20.2 Å². The van der Waals surface area contributed by atoms with Crippen molar-refractivity contribution in [3.8, 4) is 5.75 Å². The Labute approximate surface area is 138 Å². The maximum atomic E-state index is 13.8. The molecule has 1 saturated carbocycles. The number of nitrogens with zero attached hydrogens (tertiary/aromatic N) is 1. The Morgan fingerprint density at radius 1 is 1.43 bits per heavy atom. The van der Waals surface area contributed by atoms with Crippen LogP contribution < -0.4 is 15.4 Å². The highest BCUT2D eigenvalue weighted by molar-refractivity contribution is 5.80. The topological polar surface area (TPSA) is 45.7 Å². The summed E-state index contributed by atoms with van der Waals surface area (Å²) in [6.45, 7) is 5.67. The second-order valence-electron chi connectivity index (χ2n) is 6.11. The third-order valence-corrected chi connectivity index (χ3v) is 4.11. The van der Waals surface area contributed by atoms with Crippen molar-refractivity contribution >= 4 is 5.96 Å². The summed E-state index contributed by atoms with van der Waals surface area (Å²) < 4.78 is 18.8. The molecular weight excluding hydrogens is 293 g/mol. The van der Waals surface area contributed by atoms with E-state index in [1.807, 2.05) is 19.9 Å². The van der Waals surface area contributed by atoms with Crippen LogP contribution in [0.25, 0.3) is 0 Å². The zero-order valence-corrected chi connectivity index (χ0v) is 14.4. The summed E-state index contributed by atoms with van der Waals surface area (Å²) in [5.41, 5.74) is 0.867. The zero-order valence-electron chi connectivity index (χ0n) is 14.4. The van der Waals surface area contributed by atoms with Crippen LogP contribution in [-0.2, 0) is 0 Å². The highest BCUT2D eigenvalue weighted by atomic mass is 19.1. The van der Waals surface area contributed by atoms with Gasteiger partial charge in [0.15, 0.2) is 17.5 Å². The molecule has 128 valence electrons. The smallest absolute Gasteiger partial charge is 0.191 e. The predicted molar refractivity (Wildman–Crippen MR) is 92.4 cm³/mol. The first-order valence-corrected chi connectivity index (χ1v) is 8.52. The van der Waals surface area contributed by atoms with Crippen LogP contribution in [0.5, 0.6) is 5.75 Å². The van der Waals surface area contributed by atoms with Gasteiger partial charge in [0.1, 0.15) is 0 Å². The van der Waals surface area contributed by atoms with E-state index in [2.05, 4.69) is 15.6 Å². The highest BCUT2D eigenvalue weighted by Gasteiger charge is 2.20. The lowest BCUT2D eigenvalue weighted by molar-refractivity contribution is 0.386. The summed E-state index contributed by atoms with van der Waals surface area (Å²) in [5.74, 6) is 1.65. The van der Waals surface area contributed by atoms with Gasteiger partial charge in [-0.15, -0.1) is 0 Å². The van der Waals surface area contributed by atoms with Crippen LogP contribution >= 0.6 is 0 Å². The van der Waals surface area contributed by atoms with Gasteiger partial charge in [-0.25, -0.2) is 4.39 Å². The van der Waals surface area contributed by atoms with Crippen LogP contribution in [0.4, 0.5) is 4.39 Å². The van der Waals surface area contributed by atoms with E-state index >= 15 is 0 Å². The fourth-order valence-corrected chi connectivity index (χ4v) is 2.54. The highest BCUT2D eigenvalue weighted by Crippen LogP contribution is 2.33. The summed E-state index contributed by atoms with van der Waals surface area (Å²) >= 11 is 0. The number of aliphatic imine (C=N–C) groups is 1. The molecule has 0 saturated heterocycles. The van der Waals surface area contributed by atoms with E-state index < -0.39 is 0 Å². The number of rotatable bonds is 8. The molecule has 5 heteroatoms. The van der Waals surface area contributed by atoms with Crippen molar-refractivity contribution in [2.45, 2.75) is 45.6 Å². The number of nitrogens with one attached hydrogen (secondary N) is 2. The molecule has 0 aromatic heterocycles. The molecule has 4 nitrogen and oxygen atoms in total. The van der Waals surface area contributed by atoms with E-state index in [0.717, 1.165) is 37.0 Å². The van der Waals surface area contributed by atoms with Crippen molar-refractivity contribution in [2.24, 2.45) is 10.9 Å². The first-order valence-electron chi connectivity index (χ1n) is 8.52. The monoisotopic (exact) mass is 321 g/mol. The molecule has 0 aliphatic heterocycles. The Kier molecular flexibility index (Phi) is 6.68. The number of benzene rings is 1. The molecule has 0 bridgehead atoms. The average molecular weight is 321 g/mol. The van der Waals surface area contributed by atoms with Gasteiger partial charge in [0, 0.05) is 13.1 Å². The summed E-state index contributed by atoms with van der Waals surface area (Å²) in [4.78, 5) is 4.61. The summed E-state index contributed by atoms with van der Waals surface area (Å²) in [5, 5.41) is 6.58. The van der Waals surface area contributed by atoms with Crippen LogP contribution in [-0.4, -0.2) is 26.2 Å². The van der Waals surface area contributed by atoms with Gasteiger partial charge in [-0.2, -0.15) is 0 Å². The molecule has 0 amide bonds. The molecule has 1 aromatic carbocycles. The molecule has 2 rings (SSSR count). The molecule has 1 aromatic rings. The van der Waals surface area contributed by atoms with Crippen molar-refractivity contribution < 1.29 is 9.13 Å². The van der Waals surface area contributed by atoms with Gasteiger partial charge in [-0.1, -0.05) is 18.9 Å². The van der Waals surface area contributed by atoms with Crippen LogP contribution in [0.2, 0.25) is 0 Å². The van der Waals surface area contributed by atoms with Crippen molar-refractivity contribution in [3.63, 3.8) is 0 Å². The second kappa shape index (κ2) is 8.75. The van der Waals surface area contributed by atoms with Crippen LogP contribution in [0.1, 0.15) is 51.1 Å². The van der Waals surface area contributed by atoms with Crippen molar-refractivity contribution in [1.29, 1.82) is 0 Å². The lowest BCUT2D eigenvalue weighted by Crippen LogP contribution is -2.38. The van der Waals surface area contributed by atoms with Gasteiger partial charge in [0.05, 0.1) is 13.2 Å². The molecule has 23 heavy (non-hydrogen) atoms. The maximum Gasteiger partial charge on any atom is 0.191 e. The van der Waals surface area contributed by atoms with Gasteiger partial charge in [0.25, 0.3) is 0 Å². The number of ether oxygens (including phenoxy) is 1. The molecule has 1 aliphatic carbocycles. The minimum atomic E-state index is -0.343. The summed E-state index contributed by atoms with van der Waals surface area (Å²) in [7, 11) is 1.47. The number of guanidine groups is 1. The minimum Gasteiger partial charge on any atom is -0.494 e. The molecule has 0 spiro atoms. The van der Waals surface area contributed by atoms with Crippen molar-refractivity contribution in [1.82, 2.24) is 10.6 Å². The zero-order chi connectivity index (χ0) is 16.7. The van der Waals surface area contributed by atoms with Crippen LogP contribution in [0, 0.1) is 11.7 Å². The lowest BCUT2D eigenvalue weighted by atomic mass is 10.1. The Morgan fingerprint density at radius 2 is 2.22 bits per heavy atom. The Balaban J connectivity index is 1.91. The molecule has 0 radical (unpaired) electrons. The largest absolute Gasteiger partial charge is 0.494 e. The van der Waals surface area contributed by atoms with Gasteiger partial charge in [-0.3, -0.25) is 4.99 Å². The Hall–Kier alpha value is -1.78. The van der Waals surface area contributed by atoms with Crippen LogP contribution in [0.3, 0.4) is 0 Å². The van der Waals surface area contributed by atoms with Gasteiger partial charge in [-0.05, 0) is 50.3 Å². The third-order valence-electron chi connectivity index (χ3n) is 4.11. The molecule has 1 atom stereocenters. The van der Waals surface area contributed by atoms with Crippen molar-refractivity contribution in [3.05, 3.63) is 29.6 Å². The van der Waals surface area contributed by atoms with E-state index in [1.54, 1.807) is 6.07 Å².